The second-order valence-corrected chi connectivity index (χ2v) is 6.44. The normalized spacial score (nSPS) is 13.2. The Bertz CT molecular complexity index is 637. The van der Waals surface area contributed by atoms with Gasteiger partial charge in [-0.25, -0.2) is 0 Å². The number of rotatable bonds is 8. The van der Waals surface area contributed by atoms with E-state index in [1.165, 1.54) is 11.1 Å². The molecule has 3 heteroatoms. The first-order valence-corrected chi connectivity index (χ1v) is 8.72. The number of anilines is 1. The molecule has 0 heterocycles. The quantitative estimate of drug-likeness (QED) is 0.708. The lowest BCUT2D eigenvalue weighted by Gasteiger charge is -2.18. The molecular weight excluding hydrogens is 298 g/mol. The lowest BCUT2D eigenvalue weighted by atomic mass is 10.1. The van der Waals surface area contributed by atoms with Crippen LogP contribution in [0.15, 0.2) is 42.5 Å². The van der Waals surface area contributed by atoms with Crippen molar-refractivity contribution in [3.05, 3.63) is 53.6 Å². The van der Waals surface area contributed by atoms with E-state index in [0.717, 1.165) is 30.2 Å². The van der Waals surface area contributed by atoms with E-state index in [2.05, 4.69) is 58.1 Å². The Kier molecular flexibility index (Phi) is 6.53. The maximum absolute atomic E-state index is 6.05. The molecule has 0 fully saturated rings. The molecule has 0 aliphatic carbocycles. The molecule has 24 heavy (non-hydrogen) atoms. The van der Waals surface area contributed by atoms with Crippen LogP contribution in [0.3, 0.4) is 0 Å². The van der Waals surface area contributed by atoms with Gasteiger partial charge in [-0.05, 0) is 75.6 Å². The van der Waals surface area contributed by atoms with E-state index in [9.17, 15) is 0 Å². The molecule has 0 aliphatic heterocycles. The third kappa shape index (κ3) is 5.48. The summed E-state index contributed by atoms with van der Waals surface area (Å²) in [4.78, 5) is 0. The van der Waals surface area contributed by atoms with E-state index in [1.54, 1.807) is 0 Å². The van der Waals surface area contributed by atoms with E-state index >= 15 is 0 Å². The second-order valence-electron chi connectivity index (χ2n) is 6.44. The van der Waals surface area contributed by atoms with Crippen LogP contribution in [0.25, 0.3) is 0 Å². The summed E-state index contributed by atoms with van der Waals surface area (Å²) in [6.07, 6.45) is 1.34. The van der Waals surface area contributed by atoms with Gasteiger partial charge in [0.25, 0.3) is 0 Å². The molecule has 0 amide bonds. The van der Waals surface area contributed by atoms with Crippen molar-refractivity contribution < 1.29 is 9.47 Å². The molecule has 0 aromatic heterocycles. The summed E-state index contributed by atoms with van der Waals surface area (Å²) in [6, 6.07) is 14.4. The van der Waals surface area contributed by atoms with Crippen LogP contribution in [0, 0.1) is 13.8 Å². The monoisotopic (exact) mass is 327 g/mol. The highest BCUT2D eigenvalue weighted by Gasteiger charge is 2.07. The lowest BCUT2D eigenvalue weighted by molar-refractivity contribution is 0.217. The highest BCUT2D eigenvalue weighted by atomic mass is 16.5. The Hall–Kier alpha value is -2.16. The van der Waals surface area contributed by atoms with Crippen LogP contribution in [-0.2, 0) is 0 Å². The molecule has 2 rings (SSSR count). The molecule has 0 spiro atoms. The van der Waals surface area contributed by atoms with Crippen LogP contribution >= 0.6 is 0 Å². The molecule has 0 radical (unpaired) electrons. The van der Waals surface area contributed by atoms with Gasteiger partial charge in [-0.1, -0.05) is 19.1 Å². The average molecular weight is 327 g/mol. The first kappa shape index (κ1) is 18.2. The van der Waals surface area contributed by atoms with Gasteiger partial charge in [0.1, 0.15) is 17.6 Å². The Morgan fingerprint density at radius 2 is 1.62 bits per heavy atom. The molecule has 1 N–H and O–H groups in total. The number of nitrogens with one attached hydrogen (secondary N) is 1. The molecule has 2 aromatic carbocycles. The fraction of sp³-hybridized carbons (Fsp3) is 0.429. The van der Waals surface area contributed by atoms with E-state index < -0.39 is 0 Å². The largest absolute Gasteiger partial charge is 0.491 e. The summed E-state index contributed by atoms with van der Waals surface area (Å²) >= 11 is 0. The van der Waals surface area contributed by atoms with Crippen LogP contribution < -0.4 is 14.8 Å². The van der Waals surface area contributed by atoms with Gasteiger partial charge >= 0.3 is 0 Å². The van der Waals surface area contributed by atoms with E-state index in [4.69, 9.17) is 9.47 Å². The molecule has 0 saturated heterocycles. The predicted octanol–water partition coefficient (Wildman–Crippen LogP) is 5.36. The number of ether oxygens (including phenoxy) is 2. The first-order chi connectivity index (χ1) is 11.5. The number of benzene rings is 2. The minimum Gasteiger partial charge on any atom is -0.491 e. The number of hydrogen-bond acceptors (Lipinski definition) is 3. The summed E-state index contributed by atoms with van der Waals surface area (Å²) in [7, 11) is 0. The molecule has 0 bridgehead atoms. The van der Waals surface area contributed by atoms with Gasteiger partial charge in [0, 0.05) is 5.69 Å². The van der Waals surface area contributed by atoms with Crippen LogP contribution in [0.1, 0.15) is 38.3 Å². The molecule has 3 nitrogen and oxygen atoms in total. The van der Waals surface area contributed by atoms with Crippen LogP contribution in [-0.4, -0.2) is 18.8 Å². The number of hydrogen-bond donors (Lipinski definition) is 1. The highest BCUT2D eigenvalue weighted by Crippen LogP contribution is 2.21. The third-order valence-electron chi connectivity index (χ3n) is 4.03. The van der Waals surface area contributed by atoms with Crippen LogP contribution in [0.5, 0.6) is 11.5 Å². The van der Waals surface area contributed by atoms with Crippen molar-refractivity contribution in [1.82, 2.24) is 0 Å². The zero-order valence-corrected chi connectivity index (χ0v) is 15.4. The molecule has 2 atom stereocenters. The summed E-state index contributed by atoms with van der Waals surface area (Å²) in [6.45, 7) is 11.2. The molecule has 0 unspecified atom stereocenters. The van der Waals surface area contributed by atoms with Crippen molar-refractivity contribution in [2.75, 3.05) is 11.9 Å². The Balaban J connectivity index is 1.85. The second kappa shape index (κ2) is 8.62. The van der Waals surface area contributed by atoms with E-state index in [1.807, 2.05) is 24.3 Å². The standard InChI is InChI=1S/C21H29NO2/c1-6-17(4)23-20-11-9-19(10-12-20)22-14-18(5)24-21-13-15(2)7-8-16(21)3/h7-13,17-18,22H,6,14H2,1-5H3/t17-,18-/m1/s1. The van der Waals surface area contributed by atoms with Gasteiger partial charge in [-0.15, -0.1) is 0 Å². The van der Waals surface area contributed by atoms with Gasteiger partial charge in [0.2, 0.25) is 0 Å². The minimum absolute atomic E-state index is 0.0848. The maximum Gasteiger partial charge on any atom is 0.122 e. The fourth-order valence-electron chi connectivity index (χ4n) is 2.32. The lowest BCUT2D eigenvalue weighted by Crippen LogP contribution is -2.23. The number of aryl methyl sites for hydroxylation is 2. The minimum atomic E-state index is 0.0848. The van der Waals surface area contributed by atoms with Crippen molar-refractivity contribution in [1.29, 1.82) is 0 Å². The molecular formula is C21H29NO2. The molecule has 0 aliphatic rings. The first-order valence-electron chi connectivity index (χ1n) is 8.72. The zero-order valence-electron chi connectivity index (χ0n) is 15.4. The van der Waals surface area contributed by atoms with E-state index in [0.29, 0.717) is 0 Å². The SMILES string of the molecule is CC[C@@H](C)Oc1ccc(NC[C@@H](C)Oc2cc(C)ccc2C)cc1. The van der Waals surface area contributed by atoms with Gasteiger partial charge in [-0.3, -0.25) is 0 Å². The third-order valence-corrected chi connectivity index (χ3v) is 4.03. The van der Waals surface area contributed by atoms with E-state index in [-0.39, 0.29) is 12.2 Å². The van der Waals surface area contributed by atoms with Crippen molar-refractivity contribution in [3.8, 4) is 11.5 Å². The van der Waals surface area contributed by atoms with Crippen LogP contribution in [0.4, 0.5) is 5.69 Å². The summed E-state index contributed by atoms with van der Waals surface area (Å²) in [5.74, 6) is 1.87. The fourth-order valence-corrected chi connectivity index (χ4v) is 2.32. The van der Waals surface area contributed by atoms with Gasteiger partial charge < -0.3 is 14.8 Å². The van der Waals surface area contributed by atoms with Gasteiger partial charge in [-0.2, -0.15) is 0 Å². The summed E-state index contributed by atoms with van der Waals surface area (Å²) in [5, 5.41) is 3.41. The summed E-state index contributed by atoms with van der Waals surface area (Å²) < 4.78 is 11.8. The van der Waals surface area contributed by atoms with Gasteiger partial charge in [0.05, 0.1) is 12.6 Å². The Morgan fingerprint density at radius 3 is 2.29 bits per heavy atom. The highest BCUT2D eigenvalue weighted by molar-refractivity contribution is 5.46. The summed E-state index contributed by atoms with van der Waals surface area (Å²) in [5.41, 5.74) is 3.45. The van der Waals surface area contributed by atoms with Crippen molar-refractivity contribution in [3.63, 3.8) is 0 Å². The van der Waals surface area contributed by atoms with Crippen molar-refractivity contribution >= 4 is 5.69 Å². The maximum atomic E-state index is 6.05. The average Bonchev–Trinajstić information content (AvgIpc) is 2.57. The topological polar surface area (TPSA) is 30.5 Å². The molecule has 130 valence electrons. The smallest absolute Gasteiger partial charge is 0.122 e. The predicted molar refractivity (Wildman–Crippen MR) is 101 cm³/mol. The molecule has 0 saturated carbocycles. The Labute approximate surface area is 146 Å². The van der Waals surface area contributed by atoms with Crippen molar-refractivity contribution in [2.24, 2.45) is 0 Å². The van der Waals surface area contributed by atoms with Crippen molar-refractivity contribution in [2.45, 2.75) is 53.2 Å². The Morgan fingerprint density at radius 1 is 0.917 bits per heavy atom. The zero-order chi connectivity index (χ0) is 17.5. The van der Waals surface area contributed by atoms with Gasteiger partial charge in [0.15, 0.2) is 0 Å². The molecule has 2 aromatic rings. The van der Waals surface area contributed by atoms with Crippen LogP contribution in [0.2, 0.25) is 0 Å².